The summed E-state index contributed by atoms with van der Waals surface area (Å²) in [5, 5.41) is 15.5. The number of rotatable bonds is 10. The topological polar surface area (TPSA) is 113 Å². The maximum absolute atomic E-state index is 12.6. The van der Waals surface area contributed by atoms with Crippen LogP contribution in [0.25, 0.3) is 0 Å². The van der Waals surface area contributed by atoms with Gasteiger partial charge in [0.15, 0.2) is 18.1 Å². The quantitative estimate of drug-likeness (QED) is 0.439. The second-order valence-corrected chi connectivity index (χ2v) is 7.38. The van der Waals surface area contributed by atoms with Gasteiger partial charge in [-0.15, -0.1) is 0 Å². The third-order valence-corrected chi connectivity index (χ3v) is 4.50. The van der Waals surface area contributed by atoms with Crippen molar-refractivity contribution in [3.63, 3.8) is 0 Å². The van der Waals surface area contributed by atoms with Crippen molar-refractivity contribution in [2.75, 3.05) is 13.2 Å². The number of hydrogen-bond donors (Lipinski definition) is 2. The van der Waals surface area contributed by atoms with E-state index in [1.165, 1.54) is 6.21 Å². The molecule has 0 aliphatic carbocycles. The summed E-state index contributed by atoms with van der Waals surface area (Å²) in [6.07, 6.45) is 1.47. The van der Waals surface area contributed by atoms with Gasteiger partial charge in [-0.2, -0.15) is 10.4 Å². The third kappa shape index (κ3) is 7.13. The number of amides is 2. The first-order valence-corrected chi connectivity index (χ1v) is 10.3. The highest BCUT2D eigenvalue weighted by atomic mass is 16.5. The molecule has 0 spiro atoms. The molecular weight excluding hydrogens is 408 g/mol. The molecule has 2 aromatic rings. The molecule has 0 bridgehead atoms. The first-order chi connectivity index (χ1) is 15.3. The van der Waals surface area contributed by atoms with Crippen molar-refractivity contribution in [3.05, 3.63) is 59.2 Å². The fraction of sp³-hybridized carbons (Fsp3) is 0.333. The molecule has 0 fully saturated rings. The Labute approximate surface area is 188 Å². The number of nitriles is 1. The van der Waals surface area contributed by atoms with E-state index in [1.54, 1.807) is 30.3 Å². The van der Waals surface area contributed by atoms with Gasteiger partial charge in [0, 0.05) is 5.56 Å². The van der Waals surface area contributed by atoms with E-state index in [-0.39, 0.29) is 18.4 Å². The Balaban J connectivity index is 2.04. The minimum atomic E-state index is -0.748. The number of hydrogen-bond acceptors (Lipinski definition) is 6. The van der Waals surface area contributed by atoms with Crippen molar-refractivity contribution in [1.82, 2.24) is 10.7 Å². The predicted octanol–water partition coefficient (Wildman–Crippen LogP) is 3.20. The minimum Gasteiger partial charge on any atom is -0.490 e. The monoisotopic (exact) mass is 436 g/mol. The van der Waals surface area contributed by atoms with Gasteiger partial charge >= 0.3 is 0 Å². The number of ether oxygens (including phenoxy) is 2. The first kappa shape index (κ1) is 24.4. The van der Waals surface area contributed by atoms with E-state index in [9.17, 15) is 9.59 Å². The second-order valence-electron chi connectivity index (χ2n) is 7.38. The lowest BCUT2D eigenvalue weighted by Crippen LogP contribution is -2.48. The molecule has 2 rings (SSSR count). The van der Waals surface area contributed by atoms with E-state index in [0.717, 1.165) is 5.56 Å². The molecule has 168 valence electrons. The molecule has 0 saturated carbocycles. The zero-order valence-corrected chi connectivity index (χ0v) is 18.7. The van der Waals surface area contributed by atoms with Gasteiger partial charge in [-0.05, 0) is 55.7 Å². The fourth-order valence-electron chi connectivity index (χ4n) is 2.81. The number of nitrogens with zero attached hydrogens (tertiary/aromatic N) is 2. The van der Waals surface area contributed by atoms with Crippen LogP contribution in [0, 0.1) is 24.2 Å². The largest absolute Gasteiger partial charge is 0.490 e. The highest BCUT2D eigenvalue weighted by Crippen LogP contribution is 2.28. The summed E-state index contributed by atoms with van der Waals surface area (Å²) in [5.74, 6) is 0.0466. The Morgan fingerprint density at radius 2 is 1.84 bits per heavy atom. The van der Waals surface area contributed by atoms with E-state index < -0.39 is 11.9 Å². The molecule has 1 atom stereocenters. The Morgan fingerprint density at radius 3 is 2.47 bits per heavy atom. The van der Waals surface area contributed by atoms with Crippen LogP contribution in [0.2, 0.25) is 0 Å². The molecule has 0 radical (unpaired) electrons. The molecule has 8 heteroatoms. The highest BCUT2D eigenvalue weighted by Gasteiger charge is 2.24. The summed E-state index contributed by atoms with van der Waals surface area (Å²) >= 11 is 0. The number of aryl methyl sites for hydroxylation is 1. The Hall–Kier alpha value is -3.86. The molecule has 0 saturated heterocycles. The van der Waals surface area contributed by atoms with E-state index >= 15 is 0 Å². The smallest absolute Gasteiger partial charge is 0.262 e. The first-order valence-electron chi connectivity index (χ1n) is 10.3. The number of carbonyl (C=O) groups is 2. The molecule has 0 aliphatic heterocycles. The number of hydrazone groups is 1. The van der Waals surface area contributed by atoms with Crippen molar-refractivity contribution in [2.24, 2.45) is 11.0 Å². The van der Waals surface area contributed by atoms with Crippen LogP contribution in [-0.4, -0.2) is 37.3 Å². The standard InChI is InChI=1S/C24H28N4O4/c1-5-31-21-14-18(8-11-20(21)32-13-12-25)15-26-28-24(30)22(16(2)3)27-23(29)19-9-6-17(4)7-10-19/h6-11,14-16,22H,5,13H2,1-4H3,(H,27,29)(H,28,30). The molecule has 8 nitrogen and oxygen atoms in total. The summed E-state index contributed by atoms with van der Waals surface area (Å²) in [6, 6.07) is 13.4. The Kier molecular flexibility index (Phi) is 9.23. The Bertz CT molecular complexity index is 994. The van der Waals surface area contributed by atoms with Gasteiger partial charge in [-0.3, -0.25) is 9.59 Å². The predicted molar refractivity (Wildman–Crippen MR) is 122 cm³/mol. The molecule has 0 aromatic heterocycles. The van der Waals surface area contributed by atoms with Gasteiger partial charge in [0.25, 0.3) is 11.8 Å². The average Bonchev–Trinajstić information content (AvgIpc) is 2.77. The van der Waals surface area contributed by atoms with Gasteiger partial charge in [0.05, 0.1) is 12.8 Å². The third-order valence-electron chi connectivity index (χ3n) is 4.50. The van der Waals surface area contributed by atoms with Crippen molar-refractivity contribution in [1.29, 1.82) is 5.26 Å². The highest BCUT2D eigenvalue weighted by molar-refractivity contribution is 5.97. The van der Waals surface area contributed by atoms with Gasteiger partial charge in [-0.25, -0.2) is 5.43 Å². The van der Waals surface area contributed by atoms with Crippen LogP contribution in [0.3, 0.4) is 0 Å². The van der Waals surface area contributed by atoms with Gasteiger partial charge in [0.2, 0.25) is 0 Å². The van der Waals surface area contributed by atoms with Gasteiger partial charge in [-0.1, -0.05) is 31.5 Å². The second kappa shape index (κ2) is 12.1. The van der Waals surface area contributed by atoms with Crippen LogP contribution in [-0.2, 0) is 4.79 Å². The van der Waals surface area contributed by atoms with E-state index in [0.29, 0.717) is 29.2 Å². The van der Waals surface area contributed by atoms with Crippen molar-refractivity contribution < 1.29 is 19.1 Å². The summed E-state index contributed by atoms with van der Waals surface area (Å²) in [5.41, 5.74) is 4.68. The maximum atomic E-state index is 12.6. The van der Waals surface area contributed by atoms with Crippen LogP contribution in [0.15, 0.2) is 47.6 Å². The molecule has 2 N–H and O–H groups in total. The molecule has 0 aliphatic rings. The zero-order valence-electron chi connectivity index (χ0n) is 18.7. The summed E-state index contributed by atoms with van der Waals surface area (Å²) in [7, 11) is 0. The SMILES string of the molecule is CCOc1cc(C=NNC(=O)C(NC(=O)c2ccc(C)cc2)C(C)C)ccc1OCC#N. The fourth-order valence-corrected chi connectivity index (χ4v) is 2.81. The summed E-state index contributed by atoms with van der Waals surface area (Å²) in [4.78, 5) is 25.1. The molecule has 2 aromatic carbocycles. The summed E-state index contributed by atoms with van der Waals surface area (Å²) in [6.45, 7) is 7.81. The molecule has 32 heavy (non-hydrogen) atoms. The van der Waals surface area contributed by atoms with Crippen LogP contribution in [0.5, 0.6) is 11.5 Å². The molecule has 1 unspecified atom stereocenters. The lowest BCUT2D eigenvalue weighted by molar-refractivity contribution is -0.123. The zero-order chi connectivity index (χ0) is 23.5. The number of carbonyl (C=O) groups excluding carboxylic acids is 2. The summed E-state index contributed by atoms with van der Waals surface area (Å²) < 4.78 is 10.9. The van der Waals surface area contributed by atoms with Crippen molar-refractivity contribution >= 4 is 18.0 Å². The van der Waals surface area contributed by atoms with Crippen molar-refractivity contribution in [3.8, 4) is 17.6 Å². The van der Waals surface area contributed by atoms with Crippen LogP contribution >= 0.6 is 0 Å². The van der Waals surface area contributed by atoms with E-state index in [4.69, 9.17) is 14.7 Å². The van der Waals surface area contributed by atoms with Crippen LogP contribution in [0.1, 0.15) is 42.3 Å². The van der Waals surface area contributed by atoms with E-state index in [1.807, 2.05) is 45.9 Å². The number of benzene rings is 2. The van der Waals surface area contributed by atoms with Crippen molar-refractivity contribution in [2.45, 2.75) is 33.7 Å². The molecule has 2 amide bonds. The maximum Gasteiger partial charge on any atom is 0.262 e. The van der Waals surface area contributed by atoms with Gasteiger partial charge < -0.3 is 14.8 Å². The minimum absolute atomic E-state index is 0.0888. The molecular formula is C24H28N4O4. The average molecular weight is 437 g/mol. The lowest BCUT2D eigenvalue weighted by atomic mass is 10.0. The van der Waals surface area contributed by atoms with Crippen LogP contribution < -0.4 is 20.2 Å². The lowest BCUT2D eigenvalue weighted by Gasteiger charge is -2.20. The number of nitrogens with one attached hydrogen (secondary N) is 2. The Morgan fingerprint density at radius 1 is 1.12 bits per heavy atom. The van der Waals surface area contributed by atoms with Gasteiger partial charge in [0.1, 0.15) is 12.1 Å². The van der Waals surface area contributed by atoms with Crippen LogP contribution in [0.4, 0.5) is 0 Å². The van der Waals surface area contributed by atoms with E-state index in [2.05, 4.69) is 15.8 Å². The molecule has 0 heterocycles. The normalized spacial score (nSPS) is 11.6.